The van der Waals surface area contributed by atoms with Crippen LogP contribution in [-0.4, -0.2) is 44.1 Å². The van der Waals surface area contributed by atoms with Gasteiger partial charge in [-0.1, -0.05) is 11.8 Å². The summed E-state index contributed by atoms with van der Waals surface area (Å²) in [6, 6.07) is 0. The highest BCUT2D eigenvalue weighted by Gasteiger charge is 2.17. The second-order valence-corrected chi connectivity index (χ2v) is 6.47. The maximum atomic E-state index is 5.34. The lowest BCUT2D eigenvalue weighted by Gasteiger charge is -2.19. The minimum atomic E-state index is -2.47. The zero-order valence-electron chi connectivity index (χ0n) is 9.18. The van der Waals surface area contributed by atoms with Gasteiger partial charge in [0.15, 0.2) is 5.17 Å². The van der Waals surface area contributed by atoms with E-state index in [9.17, 15) is 0 Å². The topological polar surface area (TPSA) is 34.1 Å². The van der Waals surface area contributed by atoms with E-state index in [0.29, 0.717) is 6.61 Å². The number of thioether (sulfide) groups is 1. The average molecular weight is 256 g/mol. The molecule has 14 heavy (non-hydrogen) atoms. The Labute approximate surface area is 95.3 Å². The van der Waals surface area contributed by atoms with Crippen LogP contribution >= 0.6 is 18.4 Å². The van der Waals surface area contributed by atoms with Crippen molar-refractivity contribution in [3.05, 3.63) is 0 Å². The maximum Gasteiger partial charge on any atom is 0.311 e. The van der Waals surface area contributed by atoms with E-state index in [1.165, 1.54) is 18.9 Å². The molecule has 1 atom stereocenters. The second-order valence-electron chi connectivity index (χ2n) is 2.55. The fraction of sp³-hybridized carbons (Fsp3) is 0.857. The standard InChI is InChI=1S/C7H17N2O2PS2/c1-6-11-12(13,10-4)8-7(14-5)9(2)3/h6H2,1-5H3. The molecule has 0 heterocycles. The van der Waals surface area contributed by atoms with Crippen molar-refractivity contribution in [1.82, 2.24) is 4.90 Å². The van der Waals surface area contributed by atoms with Gasteiger partial charge in [-0.15, -0.1) is 0 Å². The monoisotopic (exact) mass is 256 g/mol. The average Bonchev–Trinajstić information content (AvgIpc) is 2.14. The predicted octanol–water partition coefficient (Wildman–Crippen LogP) is 2.17. The molecule has 4 nitrogen and oxygen atoms in total. The molecule has 0 spiro atoms. The lowest BCUT2D eigenvalue weighted by atomic mass is 10.9. The lowest BCUT2D eigenvalue weighted by molar-refractivity contribution is 0.296. The summed E-state index contributed by atoms with van der Waals surface area (Å²) >= 11 is 6.73. The number of nitrogens with zero attached hydrogens (tertiary/aromatic N) is 2. The molecule has 1 unspecified atom stereocenters. The van der Waals surface area contributed by atoms with Crippen molar-refractivity contribution < 1.29 is 9.05 Å². The van der Waals surface area contributed by atoms with Crippen molar-refractivity contribution in [2.24, 2.45) is 4.76 Å². The van der Waals surface area contributed by atoms with Gasteiger partial charge in [-0.25, -0.2) is 0 Å². The third-order valence-electron chi connectivity index (χ3n) is 1.30. The molecule has 0 aromatic heterocycles. The fourth-order valence-corrected chi connectivity index (χ4v) is 3.38. The van der Waals surface area contributed by atoms with Crippen LogP contribution in [0.15, 0.2) is 4.76 Å². The van der Waals surface area contributed by atoms with Crippen LogP contribution in [0.2, 0.25) is 0 Å². The largest absolute Gasteiger partial charge is 0.357 e. The Morgan fingerprint density at radius 3 is 2.43 bits per heavy atom. The lowest BCUT2D eigenvalue weighted by Crippen LogP contribution is -2.18. The molecule has 0 saturated heterocycles. The van der Waals surface area contributed by atoms with E-state index in [1.54, 1.807) is 0 Å². The highest BCUT2D eigenvalue weighted by atomic mass is 32.5. The van der Waals surface area contributed by atoms with Gasteiger partial charge in [0.25, 0.3) is 0 Å². The molecule has 0 N–H and O–H groups in total. The minimum Gasteiger partial charge on any atom is -0.357 e. The Morgan fingerprint density at radius 2 is 2.14 bits per heavy atom. The fourth-order valence-electron chi connectivity index (χ4n) is 0.703. The summed E-state index contributed by atoms with van der Waals surface area (Å²) in [6.45, 7) is -0.0714. The molecule has 0 aromatic carbocycles. The molecule has 0 bridgehead atoms. The van der Waals surface area contributed by atoms with E-state index < -0.39 is 6.64 Å². The summed E-state index contributed by atoms with van der Waals surface area (Å²) in [5, 5.41) is 0.823. The zero-order valence-corrected chi connectivity index (χ0v) is 11.7. The second kappa shape index (κ2) is 6.80. The smallest absolute Gasteiger partial charge is 0.311 e. The number of rotatable bonds is 4. The zero-order chi connectivity index (χ0) is 11.2. The number of hydrogen-bond acceptors (Lipinski definition) is 4. The van der Waals surface area contributed by atoms with E-state index in [4.69, 9.17) is 20.9 Å². The SMILES string of the molecule is CCOP(=S)(N=C(SC)N(C)C)OC. The van der Waals surface area contributed by atoms with Crippen molar-refractivity contribution >= 4 is 35.4 Å². The molecule has 0 fully saturated rings. The number of hydrogen-bond donors (Lipinski definition) is 0. The molecule has 84 valence electrons. The Hall–Kier alpha value is 0.390. The molecule has 0 amide bonds. The summed E-state index contributed by atoms with van der Waals surface area (Å²) in [4.78, 5) is 1.89. The van der Waals surface area contributed by atoms with Gasteiger partial charge in [-0.05, 0) is 25.0 Å². The van der Waals surface area contributed by atoms with Crippen LogP contribution in [0.3, 0.4) is 0 Å². The molecule has 7 heteroatoms. The predicted molar refractivity (Wildman–Crippen MR) is 67.6 cm³/mol. The van der Waals surface area contributed by atoms with Crippen molar-refractivity contribution in [1.29, 1.82) is 0 Å². The molecule has 0 aliphatic heterocycles. The van der Waals surface area contributed by atoms with Gasteiger partial charge in [0, 0.05) is 21.2 Å². The molecule has 0 rings (SSSR count). The Bertz CT molecular complexity index is 246. The Kier molecular flexibility index (Phi) is 6.99. The van der Waals surface area contributed by atoms with E-state index in [0.717, 1.165) is 5.17 Å². The summed E-state index contributed by atoms with van der Waals surface area (Å²) in [5.74, 6) is 0. The van der Waals surface area contributed by atoms with Gasteiger partial charge < -0.3 is 13.9 Å². The first-order valence-electron chi connectivity index (χ1n) is 4.11. The van der Waals surface area contributed by atoms with Gasteiger partial charge in [-0.3, -0.25) is 0 Å². The molecular formula is C7H17N2O2PS2. The normalized spacial score (nSPS) is 16.5. The Morgan fingerprint density at radius 1 is 1.57 bits per heavy atom. The van der Waals surface area contributed by atoms with Gasteiger partial charge in [0.1, 0.15) is 0 Å². The molecule has 0 saturated carbocycles. The van der Waals surface area contributed by atoms with Gasteiger partial charge in [0.05, 0.1) is 6.61 Å². The summed E-state index contributed by atoms with van der Waals surface area (Å²) < 4.78 is 14.8. The van der Waals surface area contributed by atoms with Crippen molar-refractivity contribution in [2.75, 3.05) is 34.1 Å². The van der Waals surface area contributed by atoms with E-state index >= 15 is 0 Å². The van der Waals surface area contributed by atoms with Crippen molar-refractivity contribution in [3.63, 3.8) is 0 Å². The molecule has 0 aromatic rings. The third kappa shape index (κ3) is 4.75. The third-order valence-corrected chi connectivity index (χ3v) is 4.74. The molecule has 0 aliphatic rings. The highest BCUT2D eigenvalue weighted by Crippen LogP contribution is 2.50. The minimum absolute atomic E-state index is 0.518. The molecular weight excluding hydrogens is 239 g/mol. The van der Waals surface area contributed by atoms with Crippen LogP contribution in [0.5, 0.6) is 0 Å². The van der Waals surface area contributed by atoms with Crippen LogP contribution in [-0.2, 0) is 20.9 Å². The van der Waals surface area contributed by atoms with Gasteiger partial charge in [0.2, 0.25) is 0 Å². The van der Waals surface area contributed by atoms with Crippen LogP contribution in [0.25, 0.3) is 0 Å². The summed E-state index contributed by atoms with van der Waals surface area (Å²) in [5.41, 5.74) is 0. The van der Waals surface area contributed by atoms with Crippen LogP contribution in [0, 0.1) is 0 Å². The van der Waals surface area contributed by atoms with Crippen LogP contribution < -0.4 is 0 Å². The van der Waals surface area contributed by atoms with E-state index in [1.807, 2.05) is 32.2 Å². The first-order valence-corrected chi connectivity index (χ1v) is 7.92. The first kappa shape index (κ1) is 14.4. The van der Waals surface area contributed by atoms with E-state index in [-0.39, 0.29) is 0 Å². The quantitative estimate of drug-likeness (QED) is 0.437. The van der Waals surface area contributed by atoms with Gasteiger partial charge in [-0.2, -0.15) is 4.76 Å². The highest BCUT2D eigenvalue weighted by molar-refractivity contribution is 8.14. The van der Waals surface area contributed by atoms with Crippen LogP contribution in [0.1, 0.15) is 6.92 Å². The molecule has 0 radical (unpaired) electrons. The van der Waals surface area contributed by atoms with Gasteiger partial charge >= 0.3 is 6.64 Å². The van der Waals surface area contributed by atoms with Crippen molar-refractivity contribution in [2.45, 2.75) is 6.92 Å². The first-order chi connectivity index (χ1) is 6.49. The van der Waals surface area contributed by atoms with E-state index in [2.05, 4.69) is 4.76 Å². The van der Waals surface area contributed by atoms with Crippen molar-refractivity contribution in [3.8, 4) is 0 Å². The maximum absolute atomic E-state index is 5.34. The summed E-state index contributed by atoms with van der Waals surface area (Å²) in [6.07, 6.45) is 1.94. The Balaban J connectivity index is 4.77. The van der Waals surface area contributed by atoms with Crippen LogP contribution in [0.4, 0.5) is 0 Å². The number of amidine groups is 1. The summed E-state index contributed by atoms with van der Waals surface area (Å²) in [7, 11) is 5.36. The molecule has 0 aliphatic carbocycles.